The average molecular weight is 596 g/mol. The molecular weight excluding hydrogens is 563 g/mol. The van der Waals surface area contributed by atoms with E-state index in [9.17, 15) is 14.4 Å². The number of ether oxygens (including phenoxy) is 1. The van der Waals surface area contributed by atoms with E-state index >= 15 is 0 Å². The topological polar surface area (TPSA) is 114 Å². The molecular formula is C31H32Cl2N4O4. The molecule has 1 aliphatic heterocycles. The van der Waals surface area contributed by atoms with Gasteiger partial charge in [-0.2, -0.15) is 0 Å². The third-order valence-corrected chi connectivity index (χ3v) is 7.31. The van der Waals surface area contributed by atoms with Crippen LogP contribution in [0, 0.1) is 0 Å². The molecule has 0 bridgehead atoms. The molecule has 1 atom stereocenters. The predicted octanol–water partition coefficient (Wildman–Crippen LogP) is 5.18. The summed E-state index contributed by atoms with van der Waals surface area (Å²) in [6.45, 7) is 1.07. The van der Waals surface area contributed by atoms with Gasteiger partial charge in [0.1, 0.15) is 18.4 Å². The number of carbonyl (C=O) groups is 3. The maximum atomic E-state index is 13.1. The van der Waals surface area contributed by atoms with Crippen LogP contribution >= 0.6 is 23.2 Å². The number of nitrogens with zero attached hydrogens (tertiary/aromatic N) is 1. The Kier molecular flexibility index (Phi) is 10.8. The third kappa shape index (κ3) is 9.08. The molecule has 10 heteroatoms. The number of anilines is 1. The lowest BCUT2D eigenvalue weighted by Crippen LogP contribution is -2.49. The molecule has 1 aliphatic rings. The van der Waals surface area contributed by atoms with Crippen LogP contribution in [0.25, 0.3) is 6.08 Å². The molecule has 0 saturated carbocycles. The summed E-state index contributed by atoms with van der Waals surface area (Å²) < 4.78 is 5.79. The highest BCUT2D eigenvalue weighted by Crippen LogP contribution is 2.24. The van der Waals surface area contributed by atoms with Crippen LogP contribution in [0.4, 0.5) is 5.69 Å². The zero-order chi connectivity index (χ0) is 29.2. The van der Waals surface area contributed by atoms with Gasteiger partial charge in [0.15, 0.2) is 0 Å². The van der Waals surface area contributed by atoms with Crippen molar-refractivity contribution in [1.29, 1.82) is 0 Å². The number of benzene rings is 3. The van der Waals surface area contributed by atoms with E-state index in [4.69, 9.17) is 33.7 Å². The molecule has 41 heavy (non-hydrogen) atoms. The highest BCUT2D eigenvalue weighted by Gasteiger charge is 2.29. The Balaban J connectivity index is 1.27. The fourth-order valence-electron chi connectivity index (χ4n) is 4.41. The molecule has 214 valence electrons. The fraction of sp³-hybridized carbons (Fsp3) is 0.258. The third-order valence-electron chi connectivity index (χ3n) is 6.57. The van der Waals surface area contributed by atoms with Gasteiger partial charge in [-0.1, -0.05) is 53.5 Å². The Bertz CT molecular complexity index is 1410. The van der Waals surface area contributed by atoms with E-state index in [1.165, 1.54) is 11.0 Å². The van der Waals surface area contributed by atoms with Crippen molar-refractivity contribution in [2.75, 3.05) is 18.4 Å². The minimum Gasteiger partial charge on any atom is -0.489 e. The van der Waals surface area contributed by atoms with Gasteiger partial charge < -0.3 is 26.0 Å². The molecule has 1 heterocycles. The Morgan fingerprint density at radius 2 is 1.80 bits per heavy atom. The minimum absolute atomic E-state index is 0.0899. The van der Waals surface area contributed by atoms with Crippen molar-refractivity contribution in [3.05, 3.63) is 99.5 Å². The summed E-state index contributed by atoms with van der Waals surface area (Å²) in [5.41, 5.74) is 8.88. The molecule has 0 radical (unpaired) electrons. The molecule has 0 aliphatic carbocycles. The molecule has 3 aromatic carbocycles. The summed E-state index contributed by atoms with van der Waals surface area (Å²) in [7, 11) is 0. The summed E-state index contributed by atoms with van der Waals surface area (Å²) in [6, 6.07) is 19.2. The maximum absolute atomic E-state index is 13.1. The minimum atomic E-state index is -0.694. The van der Waals surface area contributed by atoms with E-state index < -0.39 is 6.04 Å². The largest absolute Gasteiger partial charge is 0.489 e. The highest BCUT2D eigenvalue weighted by atomic mass is 35.5. The van der Waals surface area contributed by atoms with Crippen molar-refractivity contribution in [2.24, 2.45) is 5.73 Å². The van der Waals surface area contributed by atoms with E-state index in [0.29, 0.717) is 47.6 Å². The van der Waals surface area contributed by atoms with Gasteiger partial charge in [-0.3, -0.25) is 14.4 Å². The quantitative estimate of drug-likeness (QED) is 0.280. The number of carbonyl (C=O) groups excluding carboxylic acids is 3. The van der Waals surface area contributed by atoms with E-state index in [1.807, 2.05) is 30.3 Å². The van der Waals surface area contributed by atoms with E-state index in [2.05, 4.69) is 10.6 Å². The van der Waals surface area contributed by atoms with Crippen molar-refractivity contribution in [3.8, 4) is 5.75 Å². The van der Waals surface area contributed by atoms with Crippen LogP contribution in [0.15, 0.2) is 72.8 Å². The molecule has 3 amide bonds. The summed E-state index contributed by atoms with van der Waals surface area (Å²) in [5.74, 6) is -0.284. The van der Waals surface area contributed by atoms with Gasteiger partial charge in [-0.05, 0) is 78.4 Å². The van der Waals surface area contributed by atoms with E-state index in [0.717, 1.165) is 29.5 Å². The monoisotopic (exact) mass is 594 g/mol. The first-order valence-electron chi connectivity index (χ1n) is 13.3. The standard InChI is InChI=1S/C31H32Cl2N4O4/c32-26-13-9-23(17-27(26)33)20-41-25-11-7-21(8-12-25)10-14-29(38)36-28-6-1-2-15-37(31(28)40)19-30(39)35-24-5-3-4-22(16-24)18-34/h3-5,7-14,16-17,28H,1-2,6,15,18-20,34H2,(H,35,39)(H,36,38). The van der Waals surface area contributed by atoms with Gasteiger partial charge >= 0.3 is 0 Å². The first-order chi connectivity index (χ1) is 19.8. The number of nitrogens with one attached hydrogen (secondary N) is 2. The van der Waals surface area contributed by atoms with Crippen LogP contribution in [0.1, 0.15) is 36.0 Å². The second-order valence-corrected chi connectivity index (χ2v) is 10.5. The number of hydrogen-bond donors (Lipinski definition) is 3. The van der Waals surface area contributed by atoms with Crippen LogP contribution in [-0.4, -0.2) is 41.8 Å². The molecule has 0 spiro atoms. The smallest absolute Gasteiger partial charge is 0.245 e. The van der Waals surface area contributed by atoms with Crippen LogP contribution in [0.5, 0.6) is 5.75 Å². The zero-order valence-corrected chi connectivity index (χ0v) is 24.0. The molecule has 8 nitrogen and oxygen atoms in total. The molecule has 3 aromatic rings. The average Bonchev–Trinajstić information content (AvgIpc) is 3.13. The summed E-state index contributed by atoms with van der Waals surface area (Å²) in [4.78, 5) is 39.9. The number of likely N-dealkylation sites (tertiary alicyclic amines) is 1. The van der Waals surface area contributed by atoms with Crippen molar-refractivity contribution in [1.82, 2.24) is 10.2 Å². The lowest BCUT2D eigenvalue weighted by Gasteiger charge is -2.24. The van der Waals surface area contributed by atoms with Gasteiger partial charge in [0, 0.05) is 24.9 Å². The van der Waals surface area contributed by atoms with Crippen LogP contribution in [0.3, 0.4) is 0 Å². The van der Waals surface area contributed by atoms with Gasteiger partial charge in [0.05, 0.1) is 16.6 Å². The molecule has 1 fully saturated rings. The second-order valence-electron chi connectivity index (χ2n) is 9.71. The fourth-order valence-corrected chi connectivity index (χ4v) is 4.73. The Morgan fingerprint density at radius 1 is 1.00 bits per heavy atom. The molecule has 1 unspecified atom stereocenters. The number of hydrogen-bond acceptors (Lipinski definition) is 5. The predicted molar refractivity (Wildman–Crippen MR) is 162 cm³/mol. The maximum Gasteiger partial charge on any atom is 0.245 e. The van der Waals surface area contributed by atoms with Crippen molar-refractivity contribution in [3.63, 3.8) is 0 Å². The molecule has 0 aromatic heterocycles. The van der Waals surface area contributed by atoms with Gasteiger partial charge in [-0.15, -0.1) is 0 Å². The first kappa shape index (κ1) is 30.1. The Morgan fingerprint density at radius 3 is 2.56 bits per heavy atom. The van der Waals surface area contributed by atoms with Crippen molar-refractivity contribution in [2.45, 2.75) is 38.5 Å². The lowest BCUT2D eigenvalue weighted by atomic mass is 10.1. The SMILES string of the molecule is NCc1cccc(NC(=O)CN2CCCCC(NC(=O)C=Cc3ccc(OCc4ccc(Cl)c(Cl)c4)cc3)C2=O)c1. The first-order valence-corrected chi connectivity index (χ1v) is 14.1. The van der Waals surface area contributed by atoms with Crippen LogP contribution in [-0.2, 0) is 27.5 Å². The number of halogens is 2. The second kappa shape index (κ2) is 14.7. The highest BCUT2D eigenvalue weighted by molar-refractivity contribution is 6.42. The summed E-state index contributed by atoms with van der Waals surface area (Å²) in [6.07, 6.45) is 5.09. The van der Waals surface area contributed by atoms with Crippen molar-refractivity contribution >= 4 is 52.7 Å². The Hall–Kier alpha value is -3.85. The van der Waals surface area contributed by atoms with Gasteiger partial charge in [-0.25, -0.2) is 0 Å². The summed E-state index contributed by atoms with van der Waals surface area (Å²) in [5, 5.41) is 6.58. The van der Waals surface area contributed by atoms with Crippen LogP contribution < -0.4 is 21.1 Å². The molecule has 4 N–H and O–H groups in total. The summed E-state index contributed by atoms with van der Waals surface area (Å²) >= 11 is 12.0. The lowest BCUT2D eigenvalue weighted by molar-refractivity contribution is -0.137. The number of amides is 3. The number of nitrogens with two attached hydrogens (primary N) is 1. The molecule has 1 saturated heterocycles. The number of rotatable bonds is 10. The van der Waals surface area contributed by atoms with E-state index in [-0.39, 0.29) is 24.3 Å². The van der Waals surface area contributed by atoms with Gasteiger partial charge in [0.2, 0.25) is 17.7 Å². The zero-order valence-electron chi connectivity index (χ0n) is 22.4. The Labute approximate surface area is 249 Å². The van der Waals surface area contributed by atoms with Gasteiger partial charge in [0.25, 0.3) is 0 Å². The molecule has 4 rings (SSSR count). The van der Waals surface area contributed by atoms with Crippen LogP contribution in [0.2, 0.25) is 10.0 Å². The normalized spacial score (nSPS) is 15.4. The van der Waals surface area contributed by atoms with Crippen molar-refractivity contribution < 1.29 is 19.1 Å². The van der Waals surface area contributed by atoms with E-state index in [1.54, 1.807) is 42.5 Å².